The Morgan fingerprint density at radius 3 is 2.50 bits per heavy atom. The van der Waals surface area contributed by atoms with Crippen LogP contribution < -0.4 is 5.32 Å². The fourth-order valence-corrected chi connectivity index (χ4v) is 3.01. The van der Waals surface area contributed by atoms with E-state index in [1.807, 2.05) is 12.1 Å². The van der Waals surface area contributed by atoms with Gasteiger partial charge in [-0.05, 0) is 36.5 Å². The van der Waals surface area contributed by atoms with Crippen molar-refractivity contribution >= 4 is 17.5 Å². The van der Waals surface area contributed by atoms with Gasteiger partial charge in [0, 0.05) is 24.4 Å². The normalized spacial score (nSPS) is 17.7. The smallest absolute Gasteiger partial charge is 0.216 e. The molecule has 1 unspecified atom stereocenters. The van der Waals surface area contributed by atoms with Crippen LogP contribution in [0.2, 0.25) is 5.02 Å². The van der Waals surface area contributed by atoms with Gasteiger partial charge < -0.3 is 5.32 Å². The minimum Gasteiger partial charge on any atom is -0.356 e. The molecule has 0 spiro atoms. The van der Waals surface area contributed by atoms with Crippen LogP contribution in [0.15, 0.2) is 24.3 Å². The van der Waals surface area contributed by atoms with Crippen molar-refractivity contribution in [3.63, 3.8) is 0 Å². The zero-order valence-electron chi connectivity index (χ0n) is 10.8. The van der Waals surface area contributed by atoms with Crippen molar-refractivity contribution in [1.82, 2.24) is 5.32 Å². The lowest BCUT2D eigenvalue weighted by Gasteiger charge is -2.24. The molecular weight excluding hydrogens is 246 g/mol. The highest BCUT2D eigenvalue weighted by atomic mass is 35.5. The minimum atomic E-state index is 0.0481. The fourth-order valence-electron chi connectivity index (χ4n) is 2.88. The Kier molecular flexibility index (Phi) is 4.65. The maximum absolute atomic E-state index is 11.1. The van der Waals surface area contributed by atoms with Gasteiger partial charge in [-0.2, -0.15) is 0 Å². The maximum atomic E-state index is 11.1. The van der Waals surface area contributed by atoms with Crippen molar-refractivity contribution < 1.29 is 4.79 Å². The zero-order chi connectivity index (χ0) is 13.0. The molecule has 0 bridgehead atoms. The lowest BCUT2D eigenvalue weighted by atomic mass is 9.85. The van der Waals surface area contributed by atoms with Crippen molar-refractivity contribution in [2.45, 2.75) is 38.5 Å². The van der Waals surface area contributed by atoms with Crippen LogP contribution in [-0.4, -0.2) is 12.5 Å². The lowest BCUT2D eigenvalue weighted by molar-refractivity contribution is -0.119. The monoisotopic (exact) mass is 265 g/mol. The van der Waals surface area contributed by atoms with Crippen LogP contribution >= 0.6 is 11.6 Å². The highest BCUT2D eigenvalue weighted by Gasteiger charge is 2.26. The predicted octanol–water partition coefficient (Wildman–Crippen LogP) is 3.75. The van der Waals surface area contributed by atoms with Crippen molar-refractivity contribution in [2.24, 2.45) is 5.92 Å². The Morgan fingerprint density at radius 1 is 1.33 bits per heavy atom. The Balaban J connectivity index is 2.12. The Bertz CT molecular complexity index is 395. The molecule has 1 aliphatic rings. The molecule has 18 heavy (non-hydrogen) atoms. The molecule has 1 aromatic carbocycles. The molecule has 1 fully saturated rings. The number of benzene rings is 1. The molecule has 1 aliphatic carbocycles. The van der Waals surface area contributed by atoms with E-state index in [1.54, 1.807) is 6.92 Å². The quantitative estimate of drug-likeness (QED) is 0.883. The van der Waals surface area contributed by atoms with E-state index in [2.05, 4.69) is 17.4 Å². The predicted molar refractivity (Wildman–Crippen MR) is 74.8 cm³/mol. The van der Waals surface area contributed by atoms with Gasteiger partial charge in [0.25, 0.3) is 0 Å². The molecule has 1 aromatic rings. The Hall–Kier alpha value is -1.02. The summed E-state index contributed by atoms with van der Waals surface area (Å²) < 4.78 is 0. The summed E-state index contributed by atoms with van der Waals surface area (Å²) in [5.41, 5.74) is 1.29. The molecule has 1 saturated carbocycles. The molecule has 0 saturated heterocycles. The number of carbonyl (C=O) groups excluding carboxylic acids is 1. The van der Waals surface area contributed by atoms with Gasteiger partial charge in [-0.25, -0.2) is 0 Å². The number of rotatable bonds is 4. The molecule has 0 radical (unpaired) electrons. The summed E-state index contributed by atoms with van der Waals surface area (Å²) in [6.45, 7) is 2.31. The SMILES string of the molecule is CC(=O)NCC(c1ccc(Cl)cc1)C1CCCC1. The number of amides is 1. The first kappa shape index (κ1) is 13.4. The van der Waals surface area contributed by atoms with E-state index in [1.165, 1.54) is 31.2 Å². The first-order valence-electron chi connectivity index (χ1n) is 6.66. The van der Waals surface area contributed by atoms with Crippen LogP contribution in [-0.2, 0) is 4.79 Å². The Labute approximate surface area is 114 Å². The van der Waals surface area contributed by atoms with Crippen molar-refractivity contribution in [3.05, 3.63) is 34.9 Å². The van der Waals surface area contributed by atoms with E-state index >= 15 is 0 Å². The summed E-state index contributed by atoms with van der Waals surface area (Å²) in [4.78, 5) is 11.1. The van der Waals surface area contributed by atoms with Crippen LogP contribution in [0.5, 0.6) is 0 Å². The summed E-state index contributed by atoms with van der Waals surface area (Å²) in [7, 11) is 0. The summed E-state index contributed by atoms with van der Waals surface area (Å²) in [5.74, 6) is 1.17. The molecule has 2 nitrogen and oxygen atoms in total. The highest BCUT2D eigenvalue weighted by molar-refractivity contribution is 6.30. The van der Waals surface area contributed by atoms with E-state index in [-0.39, 0.29) is 5.91 Å². The van der Waals surface area contributed by atoms with Crippen LogP contribution in [0, 0.1) is 5.92 Å². The summed E-state index contributed by atoms with van der Waals surface area (Å²) in [6, 6.07) is 8.06. The largest absolute Gasteiger partial charge is 0.356 e. The van der Waals surface area contributed by atoms with Crippen LogP contribution in [0.4, 0.5) is 0 Å². The molecule has 1 N–H and O–H groups in total. The van der Waals surface area contributed by atoms with E-state index in [4.69, 9.17) is 11.6 Å². The van der Waals surface area contributed by atoms with Crippen molar-refractivity contribution in [2.75, 3.05) is 6.54 Å². The summed E-state index contributed by atoms with van der Waals surface area (Å²) >= 11 is 5.93. The molecule has 0 heterocycles. The zero-order valence-corrected chi connectivity index (χ0v) is 11.5. The van der Waals surface area contributed by atoms with Gasteiger partial charge >= 0.3 is 0 Å². The standard InChI is InChI=1S/C15H20ClNO/c1-11(18)17-10-15(12-4-2-3-5-12)13-6-8-14(16)9-7-13/h6-9,12,15H,2-5,10H2,1H3,(H,17,18). The lowest BCUT2D eigenvalue weighted by Crippen LogP contribution is -2.29. The molecule has 2 rings (SSSR count). The molecule has 0 aliphatic heterocycles. The van der Waals surface area contributed by atoms with Gasteiger partial charge in [-0.15, -0.1) is 0 Å². The molecule has 3 heteroatoms. The first-order chi connectivity index (χ1) is 8.66. The Morgan fingerprint density at radius 2 is 1.94 bits per heavy atom. The maximum Gasteiger partial charge on any atom is 0.216 e. The van der Waals surface area contributed by atoms with E-state index < -0.39 is 0 Å². The third-order valence-electron chi connectivity index (χ3n) is 3.84. The molecule has 98 valence electrons. The van der Waals surface area contributed by atoms with Gasteiger partial charge in [-0.3, -0.25) is 4.79 Å². The number of halogens is 1. The fraction of sp³-hybridized carbons (Fsp3) is 0.533. The summed E-state index contributed by atoms with van der Waals surface area (Å²) in [5, 5.41) is 3.73. The highest BCUT2D eigenvalue weighted by Crippen LogP contribution is 2.37. The molecule has 0 aromatic heterocycles. The van der Waals surface area contributed by atoms with Crippen LogP contribution in [0.3, 0.4) is 0 Å². The van der Waals surface area contributed by atoms with E-state index in [9.17, 15) is 4.79 Å². The molecule has 1 amide bonds. The first-order valence-corrected chi connectivity index (χ1v) is 7.04. The van der Waals surface area contributed by atoms with Crippen LogP contribution in [0.25, 0.3) is 0 Å². The second-order valence-electron chi connectivity index (χ2n) is 5.14. The van der Waals surface area contributed by atoms with E-state index in [0.717, 1.165) is 11.6 Å². The third-order valence-corrected chi connectivity index (χ3v) is 4.09. The number of hydrogen-bond acceptors (Lipinski definition) is 1. The van der Waals surface area contributed by atoms with Crippen LogP contribution in [0.1, 0.15) is 44.1 Å². The minimum absolute atomic E-state index is 0.0481. The number of carbonyl (C=O) groups is 1. The van der Waals surface area contributed by atoms with Gasteiger partial charge in [-0.1, -0.05) is 36.6 Å². The second-order valence-corrected chi connectivity index (χ2v) is 5.58. The third kappa shape index (κ3) is 3.49. The van der Waals surface area contributed by atoms with Gasteiger partial charge in [0.05, 0.1) is 0 Å². The number of nitrogens with one attached hydrogen (secondary N) is 1. The van der Waals surface area contributed by atoms with Crippen molar-refractivity contribution in [1.29, 1.82) is 0 Å². The molecular formula is C15H20ClNO. The van der Waals surface area contributed by atoms with Gasteiger partial charge in [0.15, 0.2) is 0 Å². The molecule has 1 atom stereocenters. The van der Waals surface area contributed by atoms with Crippen molar-refractivity contribution in [3.8, 4) is 0 Å². The second kappa shape index (κ2) is 6.24. The average Bonchev–Trinajstić information content (AvgIpc) is 2.85. The summed E-state index contributed by atoms with van der Waals surface area (Å²) in [6.07, 6.45) is 5.17. The van der Waals surface area contributed by atoms with Gasteiger partial charge in [0.1, 0.15) is 0 Å². The van der Waals surface area contributed by atoms with E-state index in [0.29, 0.717) is 11.8 Å². The topological polar surface area (TPSA) is 29.1 Å². The number of hydrogen-bond donors (Lipinski definition) is 1. The average molecular weight is 266 g/mol. The van der Waals surface area contributed by atoms with Gasteiger partial charge in [0.2, 0.25) is 5.91 Å².